The van der Waals surface area contributed by atoms with Crippen molar-refractivity contribution in [1.82, 2.24) is 4.90 Å². The molecule has 1 unspecified atom stereocenters. The van der Waals surface area contributed by atoms with E-state index in [1.165, 1.54) is 0 Å². The van der Waals surface area contributed by atoms with Crippen molar-refractivity contribution in [1.29, 1.82) is 0 Å². The van der Waals surface area contributed by atoms with Gasteiger partial charge in [-0.15, -0.1) is 0 Å². The normalized spacial score (nSPS) is 15.4. The van der Waals surface area contributed by atoms with E-state index >= 15 is 0 Å². The molecular weight excluding hydrogens is 398 g/mol. The van der Waals surface area contributed by atoms with Gasteiger partial charge in [-0.2, -0.15) is 0 Å². The summed E-state index contributed by atoms with van der Waals surface area (Å²) in [6.45, 7) is 0.164. The predicted molar refractivity (Wildman–Crippen MR) is 112 cm³/mol. The first kappa shape index (κ1) is 19.0. The molecule has 7 nitrogen and oxygen atoms in total. The molecule has 2 aromatic carbocycles. The maximum Gasteiger partial charge on any atom is 0.291 e. The third kappa shape index (κ3) is 2.97. The van der Waals surface area contributed by atoms with Gasteiger partial charge in [-0.1, -0.05) is 12.1 Å². The number of fused-ring (bicyclic) bond motifs is 2. The van der Waals surface area contributed by atoms with Crippen molar-refractivity contribution in [2.24, 2.45) is 0 Å². The number of amides is 1. The SMILES string of the molecule is COc1ccc(OC)c(C2c3c(oc4ccccc4c3=O)C(=O)N2Cc2ccco2)c1. The molecular formula is C24H19NO6. The molecule has 2 aromatic heterocycles. The number of hydrogen-bond acceptors (Lipinski definition) is 6. The molecule has 156 valence electrons. The number of hydrogen-bond donors (Lipinski definition) is 0. The summed E-state index contributed by atoms with van der Waals surface area (Å²) in [5.74, 6) is 1.35. The molecule has 0 saturated carbocycles. The molecule has 0 bridgehead atoms. The van der Waals surface area contributed by atoms with Crippen LogP contribution in [0.25, 0.3) is 11.0 Å². The van der Waals surface area contributed by atoms with E-state index < -0.39 is 6.04 Å². The van der Waals surface area contributed by atoms with Crippen LogP contribution in [0.15, 0.2) is 74.5 Å². The Bertz CT molecular complexity index is 1340. The molecule has 0 N–H and O–H groups in total. The van der Waals surface area contributed by atoms with Crippen LogP contribution in [0.3, 0.4) is 0 Å². The molecule has 4 aromatic rings. The van der Waals surface area contributed by atoms with Crippen molar-refractivity contribution in [3.63, 3.8) is 0 Å². The third-order valence-electron chi connectivity index (χ3n) is 5.51. The van der Waals surface area contributed by atoms with Crippen molar-refractivity contribution in [2.45, 2.75) is 12.6 Å². The van der Waals surface area contributed by atoms with Crippen molar-refractivity contribution in [2.75, 3.05) is 14.2 Å². The average molecular weight is 417 g/mol. The highest BCUT2D eigenvalue weighted by atomic mass is 16.5. The Morgan fingerprint density at radius 2 is 1.84 bits per heavy atom. The summed E-state index contributed by atoms with van der Waals surface area (Å²) in [5, 5.41) is 0.417. The van der Waals surface area contributed by atoms with Crippen LogP contribution in [0.2, 0.25) is 0 Å². The fraction of sp³-hybridized carbons (Fsp3) is 0.167. The first-order chi connectivity index (χ1) is 15.1. The topological polar surface area (TPSA) is 82.1 Å². The predicted octanol–water partition coefficient (Wildman–Crippen LogP) is 4.15. The standard InChI is InChI=1S/C24H19NO6/c1-28-14-9-10-18(29-2)17(12-14)21-20-22(26)16-7-3-4-8-19(16)31-23(20)24(27)25(21)13-15-6-5-11-30-15/h3-12,21H,13H2,1-2H3. The van der Waals surface area contributed by atoms with E-state index in [4.69, 9.17) is 18.3 Å². The number of rotatable bonds is 5. The summed E-state index contributed by atoms with van der Waals surface area (Å²) >= 11 is 0. The highest BCUT2D eigenvalue weighted by Gasteiger charge is 2.44. The number of methoxy groups -OCH3 is 2. The Balaban J connectivity index is 1.79. The molecule has 0 spiro atoms. The van der Waals surface area contributed by atoms with Gasteiger partial charge in [-0.3, -0.25) is 9.59 Å². The lowest BCUT2D eigenvalue weighted by molar-refractivity contribution is 0.0700. The summed E-state index contributed by atoms with van der Waals surface area (Å²) in [6.07, 6.45) is 1.54. The molecule has 31 heavy (non-hydrogen) atoms. The zero-order valence-electron chi connectivity index (χ0n) is 17.0. The Labute approximate surface area is 177 Å². The largest absolute Gasteiger partial charge is 0.497 e. The molecule has 1 amide bonds. The van der Waals surface area contributed by atoms with Crippen LogP contribution < -0.4 is 14.9 Å². The Morgan fingerprint density at radius 1 is 1.00 bits per heavy atom. The second kappa shape index (κ2) is 7.36. The van der Waals surface area contributed by atoms with Crippen LogP contribution in [0.5, 0.6) is 11.5 Å². The second-order valence-electron chi connectivity index (χ2n) is 7.19. The van der Waals surface area contributed by atoms with Crippen LogP contribution in [0.1, 0.15) is 33.5 Å². The molecule has 5 rings (SSSR count). The van der Waals surface area contributed by atoms with Crippen LogP contribution in [0, 0.1) is 0 Å². The van der Waals surface area contributed by atoms with Crippen LogP contribution in [-0.2, 0) is 6.54 Å². The Morgan fingerprint density at radius 3 is 2.58 bits per heavy atom. The molecule has 0 fully saturated rings. The van der Waals surface area contributed by atoms with Crippen LogP contribution in [0.4, 0.5) is 0 Å². The minimum absolute atomic E-state index is 0.0325. The first-order valence-electron chi connectivity index (χ1n) is 9.73. The maximum absolute atomic E-state index is 13.5. The van der Waals surface area contributed by atoms with Gasteiger partial charge in [-0.05, 0) is 42.5 Å². The van der Waals surface area contributed by atoms with Crippen molar-refractivity contribution in [3.05, 3.63) is 93.7 Å². The van der Waals surface area contributed by atoms with E-state index in [0.717, 1.165) is 0 Å². The van der Waals surface area contributed by atoms with Gasteiger partial charge in [0.15, 0.2) is 5.43 Å². The molecule has 3 heterocycles. The smallest absolute Gasteiger partial charge is 0.291 e. The van der Waals surface area contributed by atoms with E-state index in [9.17, 15) is 9.59 Å². The van der Waals surface area contributed by atoms with Crippen LogP contribution in [-0.4, -0.2) is 25.0 Å². The zero-order valence-corrected chi connectivity index (χ0v) is 17.0. The van der Waals surface area contributed by atoms with Gasteiger partial charge < -0.3 is 23.2 Å². The lowest BCUT2D eigenvalue weighted by Crippen LogP contribution is -2.29. The summed E-state index contributed by atoms with van der Waals surface area (Å²) in [6, 6.07) is 15.0. The van der Waals surface area contributed by atoms with Gasteiger partial charge in [0, 0.05) is 5.56 Å². The van der Waals surface area contributed by atoms with Gasteiger partial charge >= 0.3 is 0 Å². The molecule has 7 heteroatoms. The molecule has 1 aliphatic heterocycles. The number of para-hydroxylation sites is 1. The monoisotopic (exact) mass is 417 g/mol. The van der Waals surface area contributed by atoms with Crippen molar-refractivity contribution >= 4 is 16.9 Å². The highest BCUT2D eigenvalue weighted by molar-refractivity contribution is 5.99. The number of carbonyl (C=O) groups excluding carboxylic acids is 1. The number of carbonyl (C=O) groups is 1. The number of ether oxygens (including phenoxy) is 2. The van der Waals surface area contributed by atoms with Gasteiger partial charge in [0.25, 0.3) is 5.91 Å². The first-order valence-corrected chi connectivity index (χ1v) is 9.73. The molecule has 0 aliphatic carbocycles. The number of furan rings is 1. The quantitative estimate of drug-likeness (QED) is 0.485. The fourth-order valence-corrected chi connectivity index (χ4v) is 4.08. The van der Waals surface area contributed by atoms with Crippen molar-refractivity contribution < 1.29 is 23.1 Å². The minimum Gasteiger partial charge on any atom is -0.497 e. The van der Waals surface area contributed by atoms with Gasteiger partial charge in [0.2, 0.25) is 5.76 Å². The summed E-state index contributed by atoms with van der Waals surface area (Å²) < 4.78 is 22.4. The molecule has 1 atom stereocenters. The van der Waals surface area contributed by atoms with E-state index in [2.05, 4.69) is 0 Å². The van der Waals surface area contributed by atoms with E-state index in [0.29, 0.717) is 33.8 Å². The third-order valence-corrected chi connectivity index (χ3v) is 5.51. The van der Waals surface area contributed by atoms with E-state index in [1.54, 1.807) is 80.0 Å². The maximum atomic E-state index is 13.5. The zero-order chi connectivity index (χ0) is 21.5. The van der Waals surface area contributed by atoms with Crippen LogP contribution >= 0.6 is 0 Å². The van der Waals surface area contributed by atoms with E-state index in [-0.39, 0.29) is 29.2 Å². The van der Waals surface area contributed by atoms with Gasteiger partial charge in [-0.25, -0.2) is 0 Å². The molecule has 0 saturated heterocycles. The summed E-state index contributed by atoms with van der Waals surface area (Å²) in [7, 11) is 3.10. The average Bonchev–Trinajstić information content (AvgIpc) is 3.41. The van der Waals surface area contributed by atoms with Gasteiger partial charge in [0.05, 0.1) is 44.0 Å². The van der Waals surface area contributed by atoms with E-state index in [1.807, 2.05) is 0 Å². The molecule has 1 aliphatic rings. The minimum atomic E-state index is -0.724. The van der Waals surface area contributed by atoms with Gasteiger partial charge in [0.1, 0.15) is 22.8 Å². The lowest BCUT2D eigenvalue weighted by atomic mass is 9.97. The summed E-state index contributed by atoms with van der Waals surface area (Å²) in [4.78, 5) is 28.5. The number of nitrogens with zero attached hydrogens (tertiary/aromatic N) is 1. The molecule has 0 radical (unpaired) electrons. The fourth-order valence-electron chi connectivity index (χ4n) is 4.08. The second-order valence-corrected chi connectivity index (χ2v) is 7.19. The highest BCUT2D eigenvalue weighted by Crippen LogP contribution is 2.43. The lowest BCUT2D eigenvalue weighted by Gasteiger charge is -2.26. The summed E-state index contributed by atoms with van der Waals surface area (Å²) in [5.41, 5.74) is 1.03. The Kier molecular flexibility index (Phi) is 4.51. The van der Waals surface area contributed by atoms with Crippen molar-refractivity contribution in [3.8, 4) is 11.5 Å². The number of benzene rings is 2. The Hall–Kier alpha value is -4.00.